The molecule has 0 amide bonds. The predicted octanol–water partition coefficient (Wildman–Crippen LogP) is 5.50. The lowest BCUT2D eigenvalue weighted by Crippen LogP contribution is -2.35. The van der Waals surface area contributed by atoms with Gasteiger partial charge in [-0.1, -0.05) is 18.2 Å². The third kappa shape index (κ3) is 5.47. The summed E-state index contributed by atoms with van der Waals surface area (Å²) < 4.78 is 48.3. The first-order valence-electron chi connectivity index (χ1n) is 11.7. The van der Waals surface area contributed by atoms with Crippen molar-refractivity contribution in [2.75, 3.05) is 26.3 Å². The van der Waals surface area contributed by atoms with E-state index in [1.54, 1.807) is 16.7 Å². The van der Waals surface area contributed by atoms with Crippen LogP contribution in [0.4, 0.5) is 13.2 Å². The Morgan fingerprint density at radius 2 is 1.72 bits per heavy atom. The second-order valence-corrected chi connectivity index (χ2v) is 9.00. The molecule has 1 fully saturated rings. The van der Waals surface area contributed by atoms with Crippen LogP contribution in [-0.4, -0.2) is 52.2 Å². The minimum atomic E-state index is -4.73. The van der Waals surface area contributed by atoms with Crippen molar-refractivity contribution in [3.8, 4) is 22.8 Å². The van der Waals surface area contributed by atoms with Crippen molar-refractivity contribution >= 4 is 10.8 Å². The summed E-state index contributed by atoms with van der Waals surface area (Å²) in [5, 5.41) is 12.5. The molecule has 5 rings (SSSR count). The summed E-state index contributed by atoms with van der Waals surface area (Å²) in [6.45, 7) is 6.36. The molecule has 6 nitrogen and oxygen atoms in total. The lowest BCUT2D eigenvalue weighted by atomic mass is 10.00. The first-order chi connectivity index (χ1) is 17.2. The normalized spacial score (nSPS) is 14.9. The fraction of sp³-hybridized carbons (Fsp3) is 0.296. The molecule has 1 N–H and O–H groups in total. The molecule has 4 aromatic rings. The molecule has 3 heterocycles. The van der Waals surface area contributed by atoms with Crippen LogP contribution < -0.4 is 4.74 Å². The van der Waals surface area contributed by atoms with Gasteiger partial charge in [0.2, 0.25) is 0 Å². The average Bonchev–Trinajstić information content (AvgIpc) is 3.15. The fourth-order valence-corrected chi connectivity index (χ4v) is 4.62. The van der Waals surface area contributed by atoms with Crippen LogP contribution in [0, 0.1) is 6.92 Å². The van der Waals surface area contributed by atoms with Gasteiger partial charge in [0.25, 0.3) is 0 Å². The summed E-state index contributed by atoms with van der Waals surface area (Å²) in [5.74, 6) is -0.165. The van der Waals surface area contributed by atoms with Gasteiger partial charge >= 0.3 is 6.36 Å². The summed E-state index contributed by atoms with van der Waals surface area (Å²) in [5.41, 5.74) is 4.79. The maximum Gasteiger partial charge on any atom is 0.573 e. The molecule has 2 aromatic carbocycles. The zero-order valence-corrected chi connectivity index (χ0v) is 19.8. The van der Waals surface area contributed by atoms with E-state index in [9.17, 15) is 18.3 Å². The average molecular weight is 498 g/mol. The molecule has 0 radical (unpaired) electrons. The molecule has 1 aliphatic rings. The first kappa shape index (κ1) is 24.1. The molecule has 36 heavy (non-hydrogen) atoms. The van der Waals surface area contributed by atoms with Crippen molar-refractivity contribution in [2.24, 2.45) is 0 Å². The highest BCUT2D eigenvalue weighted by molar-refractivity contribution is 5.94. The van der Waals surface area contributed by atoms with Gasteiger partial charge in [0.1, 0.15) is 5.75 Å². The minimum Gasteiger partial charge on any atom is -0.494 e. The Morgan fingerprint density at radius 3 is 2.44 bits per heavy atom. The second-order valence-electron chi connectivity index (χ2n) is 9.00. The first-order valence-corrected chi connectivity index (χ1v) is 11.7. The van der Waals surface area contributed by atoms with Crippen LogP contribution in [0.1, 0.15) is 16.7 Å². The zero-order valence-electron chi connectivity index (χ0n) is 19.8. The molecule has 0 aliphatic carbocycles. The quantitative estimate of drug-likeness (QED) is 0.382. The molecule has 0 bridgehead atoms. The van der Waals surface area contributed by atoms with Gasteiger partial charge in [-0.05, 0) is 53.4 Å². The van der Waals surface area contributed by atoms with Crippen molar-refractivity contribution in [1.82, 2.24) is 14.5 Å². The van der Waals surface area contributed by atoms with Crippen molar-refractivity contribution in [3.05, 3.63) is 77.7 Å². The largest absolute Gasteiger partial charge is 0.573 e. The summed E-state index contributed by atoms with van der Waals surface area (Å²) >= 11 is 0. The maximum absolute atomic E-state index is 12.4. The highest BCUT2D eigenvalue weighted by Crippen LogP contribution is 2.35. The SMILES string of the molecule is Cc1cc(-c2cncc(CN3CCOCC3)c2)cc2cn(Cc3ccc(OC(F)(F)F)cc3)c(O)c12. The van der Waals surface area contributed by atoms with Crippen LogP contribution in [0.2, 0.25) is 0 Å². The van der Waals surface area contributed by atoms with Crippen LogP contribution in [0.25, 0.3) is 21.9 Å². The number of ether oxygens (including phenoxy) is 2. The van der Waals surface area contributed by atoms with E-state index < -0.39 is 6.36 Å². The van der Waals surface area contributed by atoms with Crippen molar-refractivity contribution in [1.29, 1.82) is 0 Å². The van der Waals surface area contributed by atoms with Crippen molar-refractivity contribution in [3.63, 3.8) is 0 Å². The molecule has 1 saturated heterocycles. The van der Waals surface area contributed by atoms with Crippen LogP contribution in [0.15, 0.2) is 61.1 Å². The number of morpholine rings is 1. The van der Waals surface area contributed by atoms with Gasteiger partial charge in [-0.2, -0.15) is 0 Å². The molecule has 1 aliphatic heterocycles. The molecule has 0 spiro atoms. The highest BCUT2D eigenvalue weighted by atomic mass is 19.4. The Kier molecular flexibility index (Phi) is 6.59. The fourth-order valence-electron chi connectivity index (χ4n) is 4.62. The summed E-state index contributed by atoms with van der Waals surface area (Å²) in [7, 11) is 0. The number of halogens is 3. The summed E-state index contributed by atoms with van der Waals surface area (Å²) in [6, 6.07) is 11.8. The van der Waals surface area contributed by atoms with E-state index in [1.807, 2.05) is 37.6 Å². The van der Waals surface area contributed by atoms with E-state index in [4.69, 9.17) is 4.74 Å². The third-order valence-electron chi connectivity index (χ3n) is 6.30. The number of fused-ring (bicyclic) bond motifs is 1. The van der Waals surface area contributed by atoms with E-state index >= 15 is 0 Å². The standard InChI is InChI=1S/C27H26F3N3O3/c1-18-10-21(22-11-20(13-31-14-22)15-32-6-8-35-9-7-32)12-23-17-33(26(34)25(18)23)16-19-2-4-24(5-3-19)36-27(28,29)30/h2-5,10-14,17,34H,6-9,15-16H2,1H3. The number of aryl methyl sites for hydroxylation is 1. The Morgan fingerprint density at radius 1 is 0.972 bits per heavy atom. The number of rotatable bonds is 6. The number of pyridine rings is 1. The van der Waals surface area contributed by atoms with Gasteiger partial charge in [-0.25, -0.2) is 0 Å². The van der Waals surface area contributed by atoms with Gasteiger partial charge < -0.3 is 19.1 Å². The number of nitrogens with zero attached hydrogens (tertiary/aromatic N) is 3. The van der Waals surface area contributed by atoms with E-state index in [1.165, 1.54) is 12.1 Å². The van der Waals surface area contributed by atoms with Crippen LogP contribution >= 0.6 is 0 Å². The van der Waals surface area contributed by atoms with Gasteiger partial charge in [-0.15, -0.1) is 13.2 Å². The predicted molar refractivity (Wildman–Crippen MR) is 130 cm³/mol. The molecular weight excluding hydrogens is 471 g/mol. The van der Waals surface area contributed by atoms with Crippen LogP contribution in [-0.2, 0) is 17.8 Å². The zero-order chi connectivity index (χ0) is 25.3. The van der Waals surface area contributed by atoms with E-state index in [-0.39, 0.29) is 11.6 Å². The summed E-state index contributed by atoms with van der Waals surface area (Å²) in [4.78, 5) is 6.80. The maximum atomic E-state index is 12.4. The number of aromatic hydroxyl groups is 1. The molecule has 2 aromatic heterocycles. The van der Waals surface area contributed by atoms with Gasteiger partial charge in [-0.3, -0.25) is 9.88 Å². The van der Waals surface area contributed by atoms with E-state index in [0.717, 1.165) is 71.4 Å². The molecule has 9 heteroatoms. The van der Waals surface area contributed by atoms with Gasteiger partial charge in [0.05, 0.1) is 19.8 Å². The van der Waals surface area contributed by atoms with E-state index in [2.05, 4.69) is 20.7 Å². The van der Waals surface area contributed by atoms with Crippen LogP contribution in [0.5, 0.6) is 11.6 Å². The molecule has 188 valence electrons. The lowest BCUT2D eigenvalue weighted by Gasteiger charge is -2.26. The van der Waals surface area contributed by atoms with E-state index in [0.29, 0.717) is 6.54 Å². The number of benzene rings is 2. The number of hydrogen-bond acceptors (Lipinski definition) is 5. The minimum absolute atomic E-state index is 0.115. The third-order valence-corrected chi connectivity index (χ3v) is 6.30. The monoisotopic (exact) mass is 497 g/mol. The molecule has 0 atom stereocenters. The number of aromatic nitrogens is 2. The number of hydrogen-bond donors (Lipinski definition) is 1. The summed E-state index contributed by atoms with van der Waals surface area (Å²) in [6.07, 6.45) is 0.847. The topological polar surface area (TPSA) is 59.8 Å². The molecular formula is C27H26F3N3O3. The number of alkyl halides is 3. The van der Waals surface area contributed by atoms with Crippen molar-refractivity contribution in [2.45, 2.75) is 26.4 Å². The smallest absolute Gasteiger partial charge is 0.494 e. The van der Waals surface area contributed by atoms with Gasteiger partial charge in [0, 0.05) is 54.6 Å². The van der Waals surface area contributed by atoms with Crippen molar-refractivity contribution < 1.29 is 27.8 Å². The second kappa shape index (κ2) is 9.83. The molecule has 0 unspecified atom stereocenters. The lowest BCUT2D eigenvalue weighted by molar-refractivity contribution is -0.274. The van der Waals surface area contributed by atoms with Crippen LogP contribution in [0.3, 0.4) is 0 Å². The highest BCUT2D eigenvalue weighted by Gasteiger charge is 2.31. The Hall–Kier alpha value is -3.56. The molecule has 0 saturated carbocycles. The Balaban J connectivity index is 1.39. The van der Waals surface area contributed by atoms with Gasteiger partial charge in [0.15, 0.2) is 5.88 Å². The Bertz CT molecular complexity index is 1360. The Labute approximate surface area is 206 Å².